The predicted molar refractivity (Wildman–Crippen MR) is 147 cm³/mol. The minimum Gasteiger partial charge on any atom is -0.493 e. The van der Waals surface area contributed by atoms with Crippen molar-refractivity contribution in [1.82, 2.24) is 9.80 Å². The maximum atomic E-state index is 13.5. The fourth-order valence-electron chi connectivity index (χ4n) is 3.71. The van der Waals surface area contributed by atoms with E-state index in [9.17, 15) is 9.59 Å². The number of methoxy groups -OCH3 is 3. The second-order valence-corrected chi connectivity index (χ2v) is 10.0. The molecule has 0 spiro atoms. The van der Waals surface area contributed by atoms with Gasteiger partial charge in [-0.15, -0.1) is 11.3 Å². The van der Waals surface area contributed by atoms with Gasteiger partial charge in [-0.25, -0.2) is 0 Å². The molecule has 0 fully saturated rings. The number of thiophene rings is 1. The van der Waals surface area contributed by atoms with Gasteiger partial charge in [0.25, 0.3) is 5.91 Å². The highest BCUT2D eigenvalue weighted by Gasteiger charge is 2.23. The number of hydrogen-bond donors (Lipinski definition) is 0. The summed E-state index contributed by atoms with van der Waals surface area (Å²) in [6, 6.07) is 14.3. The molecule has 0 atom stereocenters. The fourth-order valence-corrected chi connectivity index (χ4v) is 4.73. The van der Waals surface area contributed by atoms with Crippen molar-refractivity contribution in [3.63, 3.8) is 0 Å². The zero-order valence-electron chi connectivity index (χ0n) is 21.0. The minimum absolute atomic E-state index is 0.0975. The van der Waals surface area contributed by atoms with Crippen LogP contribution in [0.2, 0.25) is 10.0 Å². The van der Waals surface area contributed by atoms with Crippen molar-refractivity contribution in [2.24, 2.45) is 0 Å². The summed E-state index contributed by atoms with van der Waals surface area (Å²) in [5, 5.41) is 2.61. The molecular formula is C27H30Cl2N2O5S. The number of halogens is 2. The first-order valence-corrected chi connectivity index (χ1v) is 13.2. The minimum atomic E-state index is -0.320. The highest BCUT2D eigenvalue weighted by atomic mass is 35.5. The van der Waals surface area contributed by atoms with Gasteiger partial charge < -0.3 is 24.0 Å². The van der Waals surface area contributed by atoms with Crippen molar-refractivity contribution in [3.8, 4) is 11.5 Å². The second-order valence-electron chi connectivity index (χ2n) is 8.18. The third kappa shape index (κ3) is 8.10. The topological polar surface area (TPSA) is 68.3 Å². The van der Waals surface area contributed by atoms with E-state index in [1.165, 1.54) is 11.0 Å². The summed E-state index contributed by atoms with van der Waals surface area (Å²) in [6.07, 6.45) is 0.607. The van der Waals surface area contributed by atoms with Crippen molar-refractivity contribution in [3.05, 3.63) is 80.0 Å². The molecule has 0 radical (unpaired) electrons. The molecular weight excluding hydrogens is 535 g/mol. The normalized spacial score (nSPS) is 10.7. The summed E-state index contributed by atoms with van der Waals surface area (Å²) in [6.45, 7) is 1.36. The SMILES string of the molecule is COCCN(CC(=O)N(CCc1ccc(OC)c(OC)c1)Cc1cccs1)C(=O)c1ccc(Cl)c(Cl)c1. The highest BCUT2D eigenvalue weighted by molar-refractivity contribution is 7.09. The number of benzene rings is 2. The zero-order valence-corrected chi connectivity index (χ0v) is 23.4. The van der Waals surface area contributed by atoms with Crippen LogP contribution in [0.4, 0.5) is 0 Å². The number of amides is 2. The van der Waals surface area contributed by atoms with Gasteiger partial charge in [0.05, 0.1) is 37.4 Å². The first kappa shape index (κ1) is 28.8. The summed E-state index contributed by atoms with van der Waals surface area (Å²) < 4.78 is 15.9. The molecule has 2 aromatic carbocycles. The van der Waals surface area contributed by atoms with Crippen LogP contribution in [0.15, 0.2) is 53.9 Å². The van der Waals surface area contributed by atoms with Crippen molar-refractivity contribution in [2.45, 2.75) is 13.0 Å². The molecule has 10 heteroatoms. The number of hydrogen-bond acceptors (Lipinski definition) is 6. The summed E-state index contributed by atoms with van der Waals surface area (Å²) in [4.78, 5) is 31.1. The Labute approximate surface area is 231 Å². The summed E-state index contributed by atoms with van der Waals surface area (Å²) in [5.74, 6) is 0.791. The second kappa shape index (κ2) is 14.2. The van der Waals surface area contributed by atoms with Gasteiger partial charge in [-0.2, -0.15) is 0 Å². The molecule has 0 N–H and O–H groups in total. The van der Waals surface area contributed by atoms with Crippen LogP contribution in [0, 0.1) is 0 Å². The number of carbonyl (C=O) groups excluding carboxylic acids is 2. The number of carbonyl (C=O) groups is 2. The average molecular weight is 566 g/mol. The lowest BCUT2D eigenvalue weighted by atomic mass is 10.1. The largest absolute Gasteiger partial charge is 0.493 e. The van der Waals surface area contributed by atoms with Crippen molar-refractivity contribution >= 4 is 46.4 Å². The lowest BCUT2D eigenvalue weighted by Gasteiger charge is -2.28. The van der Waals surface area contributed by atoms with Crippen molar-refractivity contribution in [2.75, 3.05) is 47.6 Å². The Kier molecular flexibility index (Phi) is 11.1. The number of nitrogens with zero attached hydrogens (tertiary/aromatic N) is 2. The molecule has 0 aliphatic heterocycles. The van der Waals surface area contributed by atoms with Crippen LogP contribution in [0.1, 0.15) is 20.8 Å². The Morgan fingerprint density at radius 1 is 0.892 bits per heavy atom. The lowest BCUT2D eigenvalue weighted by Crippen LogP contribution is -2.44. The van der Waals surface area contributed by atoms with Gasteiger partial charge in [-0.3, -0.25) is 9.59 Å². The van der Waals surface area contributed by atoms with Gasteiger partial charge in [0.15, 0.2) is 11.5 Å². The molecule has 0 aliphatic rings. The maximum absolute atomic E-state index is 13.5. The Balaban J connectivity index is 1.78. The van der Waals surface area contributed by atoms with Gasteiger partial charge in [0.1, 0.15) is 6.54 Å². The molecule has 1 heterocycles. The van der Waals surface area contributed by atoms with E-state index in [2.05, 4.69) is 0 Å². The van der Waals surface area contributed by atoms with E-state index < -0.39 is 0 Å². The third-order valence-corrected chi connectivity index (χ3v) is 7.34. The summed E-state index contributed by atoms with van der Waals surface area (Å²) in [5.41, 5.74) is 1.36. The average Bonchev–Trinajstić information content (AvgIpc) is 3.43. The van der Waals surface area contributed by atoms with Crippen LogP contribution in [-0.4, -0.2) is 69.2 Å². The Hall–Kier alpha value is -2.78. The van der Waals surface area contributed by atoms with E-state index in [0.717, 1.165) is 10.4 Å². The van der Waals surface area contributed by atoms with Crippen molar-refractivity contribution in [1.29, 1.82) is 0 Å². The molecule has 2 amide bonds. The van der Waals surface area contributed by atoms with Gasteiger partial charge in [0, 0.05) is 30.6 Å². The fraction of sp³-hybridized carbons (Fsp3) is 0.333. The standard InChI is InChI=1S/C27H30Cl2N2O5S/c1-34-13-12-31(27(33)20-7-8-22(28)23(29)16-20)18-26(32)30(17-21-5-4-14-37-21)11-10-19-6-9-24(35-2)25(15-19)36-3/h4-9,14-16H,10-13,17-18H2,1-3H3. The van der Waals surface area contributed by atoms with Crippen molar-refractivity contribution < 1.29 is 23.8 Å². The van der Waals surface area contributed by atoms with E-state index in [1.54, 1.807) is 49.7 Å². The highest BCUT2D eigenvalue weighted by Crippen LogP contribution is 2.28. The van der Waals surface area contributed by atoms with E-state index in [-0.39, 0.29) is 36.5 Å². The molecule has 0 aliphatic carbocycles. The van der Waals surface area contributed by atoms with Crippen LogP contribution in [-0.2, 0) is 22.5 Å². The van der Waals surface area contributed by atoms with Crippen LogP contribution in [0.5, 0.6) is 11.5 Å². The molecule has 7 nitrogen and oxygen atoms in total. The first-order chi connectivity index (χ1) is 17.9. The summed E-state index contributed by atoms with van der Waals surface area (Å²) in [7, 11) is 4.73. The predicted octanol–water partition coefficient (Wildman–Crippen LogP) is 5.43. The van der Waals surface area contributed by atoms with E-state index in [0.29, 0.717) is 41.6 Å². The maximum Gasteiger partial charge on any atom is 0.254 e. The van der Waals surface area contributed by atoms with Gasteiger partial charge >= 0.3 is 0 Å². The third-order valence-electron chi connectivity index (χ3n) is 5.74. The molecule has 1 aromatic heterocycles. The Bertz CT molecular complexity index is 1190. The smallest absolute Gasteiger partial charge is 0.254 e. The number of rotatable bonds is 13. The monoisotopic (exact) mass is 564 g/mol. The van der Waals surface area contributed by atoms with E-state index in [4.69, 9.17) is 37.4 Å². The molecule has 0 saturated carbocycles. The van der Waals surface area contributed by atoms with Gasteiger partial charge in [-0.1, -0.05) is 35.3 Å². The Morgan fingerprint density at radius 2 is 1.68 bits per heavy atom. The molecule has 3 aromatic rings. The molecule has 37 heavy (non-hydrogen) atoms. The summed E-state index contributed by atoms with van der Waals surface area (Å²) >= 11 is 13.7. The van der Waals surface area contributed by atoms with Crippen LogP contribution < -0.4 is 9.47 Å². The molecule has 0 unspecified atom stereocenters. The zero-order chi connectivity index (χ0) is 26.8. The van der Waals surface area contributed by atoms with E-state index in [1.807, 2.05) is 35.7 Å². The van der Waals surface area contributed by atoms with Crippen LogP contribution in [0.3, 0.4) is 0 Å². The van der Waals surface area contributed by atoms with E-state index >= 15 is 0 Å². The molecule has 0 saturated heterocycles. The van der Waals surface area contributed by atoms with Crippen LogP contribution in [0.25, 0.3) is 0 Å². The Morgan fingerprint density at radius 3 is 2.32 bits per heavy atom. The quantitative estimate of drug-likeness (QED) is 0.277. The number of ether oxygens (including phenoxy) is 3. The van der Waals surface area contributed by atoms with Gasteiger partial charge in [0.2, 0.25) is 5.91 Å². The van der Waals surface area contributed by atoms with Gasteiger partial charge in [-0.05, 0) is 53.8 Å². The van der Waals surface area contributed by atoms with Crippen LogP contribution >= 0.6 is 34.5 Å². The molecule has 198 valence electrons. The molecule has 3 rings (SSSR count). The molecule has 0 bridgehead atoms. The first-order valence-electron chi connectivity index (χ1n) is 11.6. The lowest BCUT2D eigenvalue weighted by molar-refractivity contribution is -0.132.